The van der Waals surface area contributed by atoms with E-state index in [9.17, 15) is 29.2 Å². The number of thiophene rings is 1. The summed E-state index contributed by atoms with van der Waals surface area (Å²) in [6.45, 7) is 6.14. The number of furan rings is 1. The molecule has 9 heterocycles. The molecule has 14 aromatic rings. The summed E-state index contributed by atoms with van der Waals surface area (Å²) in [4.78, 5) is 110. The van der Waals surface area contributed by atoms with Crippen LogP contribution < -0.4 is 28.3 Å². The maximum atomic E-state index is 14.0. The number of nitrogens with zero attached hydrogens (tertiary/aromatic N) is 13. The van der Waals surface area contributed by atoms with Crippen LogP contribution in [-0.2, 0) is 52.7 Å². The van der Waals surface area contributed by atoms with Crippen molar-refractivity contribution in [3.05, 3.63) is 385 Å². The van der Waals surface area contributed by atoms with Gasteiger partial charge >= 0.3 is 0 Å². The quantitative estimate of drug-likeness (QED) is 0.0533. The first kappa shape index (κ1) is 89.5. The minimum Gasteiger partial charge on any atom is -0.464 e. The van der Waals surface area contributed by atoms with E-state index in [1.54, 1.807) is 46.0 Å². The molecule has 0 saturated heterocycles. The summed E-state index contributed by atoms with van der Waals surface area (Å²) < 4.78 is 5.46. The fraction of sp³-hybridized carbons (Fsp3) is 0.215. The number of hydrogen-bond acceptors (Lipinski definition) is 20. The Hall–Kier alpha value is -15.1. The monoisotopic (exact) mass is 1830 g/mol. The van der Waals surface area contributed by atoms with E-state index in [2.05, 4.69) is 92.0 Å². The number of guanidine groups is 4. The fourth-order valence-electron chi connectivity index (χ4n) is 18.5. The highest BCUT2D eigenvalue weighted by Crippen LogP contribution is 2.53. The van der Waals surface area contributed by atoms with Crippen molar-refractivity contribution in [2.24, 2.45) is 48.8 Å². The molecule has 3 fully saturated rings. The molecule has 1 unspecified atom stereocenters. The largest absolute Gasteiger partial charge is 0.464 e. The van der Waals surface area contributed by atoms with Gasteiger partial charge in [-0.25, -0.2) is 25.0 Å². The van der Waals surface area contributed by atoms with Crippen LogP contribution in [0.2, 0.25) is 10.0 Å². The Kier molecular flexibility index (Phi) is 24.7. The summed E-state index contributed by atoms with van der Waals surface area (Å²) in [5, 5.41) is 16.5. The number of aromatic nitrogens is 4. The molecule has 24 nitrogen and oxygen atoms in total. The van der Waals surface area contributed by atoms with Crippen LogP contribution in [-0.4, -0.2) is 114 Å². The molecule has 0 spiro atoms. The van der Waals surface area contributed by atoms with Crippen molar-refractivity contribution < 1.29 is 28.4 Å². The van der Waals surface area contributed by atoms with Crippen molar-refractivity contribution in [2.75, 3.05) is 26.5 Å². The molecule has 3 aliphatic carbocycles. The van der Waals surface area contributed by atoms with Crippen LogP contribution in [0.5, 0.6) is 0 Å². The molecule has 5 amide bonds. The Morgan fingerprint density at radius 1 is 0.478 bits per heavy atom. The van der Waals surface area contributed by atoms with Crippen molar-refractivity contribution in [1.82, 2.24) is 39.5 Å². The van der Waals surface area contributed by atoms with E-state index in [0.717, 1.165) is 101 Å². The second kappa shape index (κ2) is 36.9. The maximum Gasteiger partial charge on any atom is 0.266 e. The molecule has 8 atom stereocenters. The number of anilines is 1. The minimum atomic E-state index is -1.22. The van der Waals surface area contributed by atoms with Gasteiger partial charge in [0.05, 0.1) is 41.9 Å². The van der Waals surface area contributed by atoms with Gasteiger partial charge < -0.3 is 32.7 Å². The molecule has 27 heteroatoms. The number of halogens is 2. The smallest absolute Gasteiger partial charge is 0.266 e. The fourth-order valence-corrected chi connectivity index (χ4v) is 19.9. The van der Waals surface area contributed by atoms with Crippen molar-refractivity contribution in [1.29, 1.82) is 5.26 Å². The zero-order chi connectivity index (χ0) is 93.5. The number of aliphatic imine (C=N–C) groups is 4. The molecule has 7 aliphatic rings. The molecule has 0 bridgehead atoms. The van der Waals surface area contributed by atoms with Crippen molar-refractivity contribution >= 4 is 105 Å². The van der Waals surface area contributed by atoms with Gasteiger partial charge in [-0.1, -0.05) is 205 Å². The van der Waals surface area contributed by atoms with Crippen LogP contribution in [0.1, 0.15) is 160 Å². The van der Waals surface area contributed by atoms with E-state index < -0.39 is 39.9 Å². The van der Waals surface area contributed by atoms with Gasteiger partial charge in [0.1, 0.15) is 34.0 Å². The average Bonchev–Trinajstić information content (AvgIpc) is 1.52. The highest BCUT2D eigenvalue weighted by Gasteiger charge is 2.54. The summed E-state index contributed by atoms with van der Waals surface area (Å²) >= 11 is 13.8. The van der Waals surface area contributed by atoms with Crippen LogP contribution >= 0.6 is 34.5 Å². The van der Waals surface area contributed by atoms with Crippen molar-refractivity contribution in [3.8, 4) is 39.8 Å². The lowest BCUT2D eigenvalue weighted by Gasteiger charge is -2.41. The maximum absolute atomic E-state index is 14.0. The number of rotatable bonds is 18. The molecule has 9 N–H and O–H groups in total. The van der Waals surface area contributed by atoms with E-state index in [1.807, 2.05) is 232 Å². The third kappa shape index (κ3) is 17.7. The van der Waals surface area contributed by atoms with Crippen LogP contribution in [0, 0.1) is 17.2 Å². The predicted octanol–water partition coefficient (Wildman–Crippen LogP) is 18.8. The summed E-state index contributed by atoms with van der Waals surface area (Å²) in [7, 11) is 4.98. The zero-order valence-electron chi connectivity index (χ0n) is 74.4. The standard InChI is InChI=1S/C32H28N4O2.2C26H25ClN4O.C23H18N6O2S/c33-31-35-32(24-12-6-2-7-13-24,25-14-8-3-9-15-25)30(38)36(31)21-22-16-18-26(19-17-22)34-29(37)28-20-27(28)23-10-4-1-5-11-23;2*1-26(20-12-13-29-22(15-20)19-4-3-5-21(27)14-19)23(24(32)31(2)25(28)30-26)18-10-8-17(9-11-18)16-6-7-16;1-23(18-10-15(12-32-18)20-16(11-24)26-6-7-27-20)19(21(30)29(2)22(25)28-23)14-3-4-17-13(9-14)5-8-31-17/h1-19,27-28H,20-21H2,(H2,33,35)(H,34,37);2*3-5,8-16,23H,6-7H2,1-2H3,(H2,28,30);3-10,12,19H,1-2H3,(H2,25,28)/t27-,28+;23-,26+;23-,26-;19?,23-/m0011/s1. The van der Waals surface area contributed by atoms with Crippen LogP contribution in [0.15, 0.2) is 328 Å². The van der Waals surface area contributed by atoms with Gasteiger partial charge in [-0.05, 0) is 217 Å². The number of nitrogens with two attached hydrogens (primary N) is 4. The lowest BCUT2D eigenvalue weighted by Crippen LogP contribution is -2.52. The second-order valence-corrected chi connectivity index (χ2v) is 37.0. The number of amides is 5. The Morgan fingerprint density at radius 3 is 1.46 bits per heavy atom. The number of hydrogen-bond donors (Lipinski definition) is 5. The number of pyridine rings is 2. The predicted molar refractivity (Wildman–Crippen MR) is 524 cm³/mol. The molecular weight excluding hydrogens is 1740 g/mol. The van der Waals surface area contributed by atoms with Gasteiger partial charge in [-0.2, -0.15) is 5.26 Å². The number of carbonyl (C=O) groups is 5. The highest BCUT2D eigenvalue weighted by atomic mass is 35.5. The number of nitriles is 1. The van der Waals surface area contributed by atoms with Gasteiger partial charge in [-0.15, -0.1) is 11.3 Å². The molecule has 4 aliphatic heterocycles. The topological polar surface area (TPSA) is 352 Å². The van der Waals surface area contributed by atoms with E-state index in [-0.39, 0.29) is 77.4 Å². The van der Waals surface area contributed by atoms with E-state index in [1.165, 1.54) is 79.5 Å². The first-order valence-corrected chi connectivity index (χ1v) is 45.9. The number of benzene rings is 9. The molecule has 5 aromatic heterocycles. The van der Waals surface area contributed by atoms with E-state index in [0.29, 0.717) is 27.6 Å². The summed E-state index contributed by atoms with van der Waals surface area (Å²) in [5.74, 6) is 0.346. The third-order valence-corrected chi connectivity index (χ3v) is 28.1. The first-order valence-electron chi connectivity index (χ1n) is 44.3. The summed E-state index contributed by atoms with van der Waals surface area (Å²) in [5.41, 5.74) is 38.1. The Morgan fingerprint density at radius 2 is 0.955 bits per heavy atom. The molecular formula is C107H96Cl2N18O6S. The van der Waals surface area contributed by atoms with Gasteiger partial charge in [0, 0.05) is 99.9 Å². The van der Waals surface area contributed by atoms with Gasteiger partial charge in [0.15, 0.2) is 35.1 Å². The normalized spacial score (nSPS) is 21.6. The molecule has 21 rings (SSSR count). The first-order chi connectivity index (χ1) is 64.7. The number of likely N-dealkylation sites (N-methyl/N-ethyl adjacent to an activating group) is 3. The molecule has 670 valence electrons. The van der Waals surface area contributed by atoms with Crippen molar-refractivity contribution in [2.45, 2.75) is 117 Å². The minimum absolute atomic E-state index is 0.000552. The number of carbonyl (C=O) groups excluding carboxylic acids is 5. The van der Waals surface area contributed by atoms with E-state index >= 15 is 0 Å². The summed E-state index contributed by atoms with van der Waals surface area (Å²) in [6.07, 6.45) is 14.0. The van der Waals surface area contributed by atoms with Gasteiger partial charge in [0.25, 0.3) is 5.91 Å². The zero-order valence-corrected chi connectivity index (χ0v) is 76.7. The van der Waals surface area contributed by atoms with Crippen molar-refractivity contribution in [3.63, 3.8) is 0 Å². The van der Waals surface area contributed by atoms with E-state index in [4.69, 9.17) is 70.5 Å². The number of nitrogens with one attached hydrogen (secondary N) is 1. The average molecular weight is 1830 g/mol. The third-order valence-electron chi connectivity index (χ3n) is 26.5. The molecule has 9 aromatic carbocycles. The highest BCUT2D eigenvalue weighted by molar-refractivity contribution is 7.10. The second-order valence-electron chi connectivity index (χ2n) is 35.2. The SMILES string of the molecule is CN1C(=O)C(c2ccc3occc3c2)[C@@](C)(c2cc(-c3nccnc3C#N)cs2)N=C1N.CN1C(=O)[C@@H](c2ccc(C3CC3)cc2)[C@@](C)(c2ccnc(-c3cccc(Cl)c3)c2)N=C1N.CN1C(=O)[C@H](c2ccc(C3CC3)cc2)[C@@](C)(c2ccnc(-c3cccc(Cl)c3)c2)N=C1N.NC1=NC(c2ccccc2)(c2ccccc2)C(=O)N1Cc1ccc(NC(=O)[C@@H]2C[C@H]2c2ccccc2)cc1. The number of fused-ring (bicyclic) bond motifs is 1. The lowest BCUT2D eigenvalue weighted by molar-refractivity contribution is -0.131. The molecule has 134 heavy (non-hydrogen) atoms. The Balaban J connectivity index is 0.000000120. The Labute approximate surface area is 789 Å². The van der Waals surface area contributed by atoms with Crippen LogP contribution in [0.4, 0.5) is 5.69 Å². The summed E-state index contributed by atoms with van der Waals surface area (Å²) in [6, 6.07) is 88.1. The van der Waals surface area contributed by atoms with Crippen LogP contribution in [0.25, 0.3) is 44.7 Å². The Bertz CT molecular complexity index is 6790. The molecule has 0 radical (unpaired) electrons. The van der Waals surface area contributed by atoms with Gasteiger partial charge in [0.2, 0.25) is 23.6 Å². The van der Waals surface area contributed by atoms with Crippen LogP contribution in [0.3, 0.4) is 0 Å². The lowest BCUT2D eigenvalue weighted by atomic mass is 9.74. The molecule has 3 saturated carbocycles. The van der Waals surface area contributed by atoms with Gasteiger partial charge in [-0.3, -0.25) is 58.5 Å².